The number of benzene rings is 2. The number of H-pyrrole nitrogens is 1. The van der Waals surface area contributed by atoms with Crippen molar-refractivity contribution in [2.75, 3.05) is 11.9 Å². The molecule has 0 saturated heterocycles. The van der Waals surface area contributed by atoms with Crippen molar-refractivity contribution in [2.45, 2.75) is 26.7 Å². The highest BCUT2D eigenvalue weighted by atomic mass is 16.2. The van der Waals surface area contributed by atoms with Gasteiger partial charge in [-0.1, -0.05) is 18.2 Å². The van der Waals surface area contributed by atoms with Crippen molar-refractivity contribution in [3.63, 3.8) is 0 Å². The Morgan fingerprint density at radius 3 is 2.62 bits per heavy atom. The molecule has 0 spiro atoms. The van der Waals surface area contributed by atoms with Gasteiger partial charge >= 0.3 is 11.8 Å². The first kappa shape index (κ1) is 17.7. The maximum Gasteiger partial charge on any atom is 0.313 e. The summed E-state index contributed by atoms with van der Waals surface area (Å²) in [7, 11) is 0. The van der Waals surface area contributed by atoms with Gasteiger partial charge in [-0.15, -0.1) is 0 Å². The third-order valence-electron chi connectivity index (χ3n) is 4.29. The number of aromatic amines is 1. The third kappa shape index (κ3) is 4.27. The predicted octanol–water partition coefficient (Wildman–Crippen LogP) is 2.87. The number of hydrogen-bond donors (Lipinski definition) is 3. The lowest BCUT2D eigenvalue weighted by molar-refractivity contribution is -0.136. The van der Waals surface area contributed by atoms with Gasteiger partial charge in [0.15, 0.2) is 0 Å². The Bertz CT molecular complexity index is 913. The average Bonchev–Trinajstić information content (AvgIpc) is 3.04. The number of nitrogens with zero attached hydrogens (tertiary/aromatic N) is 1. The highest BCUT2D eigenvalue weighted by Crippen LogP contribution is 2.14. The van der Waals surface area contributed by atoms with Crippen LogP contribution < -0.4 is 10.6 Å². The lowest BCUT2D eigenvalue weighted by Gasteiger charge is -2.08. The molecular weight excluding hydrogens is 328 g/mol. The van der Waals surface area contributed by atoms with Crippen molar-refractivity contribution in [1.29, 1.82) is 0 Å². The monoisotopic (exact) mass is 350 g/mol. The lowest BCUT2D eigenvalue weighted by atomic mass is 10.1. The zero-order valence-electron chi connectivity index (χ0n) is 14.9. The van der Waals surface area contributed by atoms with Crippen molar-refractivity contribution >= 4 is 28.5 Å². The molecule has 0 saturated carbocycles. The minimum absolute atomic E-state index is 0.413. The average molecular weight is 350 g/mol. The van der Waals surface area contributed by atoms with E-state index in [4.69, 9.17) is 0 Å². The van der Waals surface area contributed by atoms with Crippen LogP contribution in [0.25, 0.3) is 11.0 Å². The van der Waals surface area contributed by atoms with Gasteiger partial charge in [0.2, 0.25) is 0 Å². The Labute approximate surface area is 152 Å². The minimum Gasteiger partial charge on any atom is -0.348 e. The van der Waals surface area contributed by atoms with Crippen LogP contribution in [0.15, 0.2) is 42.5 Å². The van der Waals surface area contributed by atoms with E-state index in [9.17, 15) is 9.59 Å². The first-order valence-corrected chi connectivity index (χ1v) is 8.63. The number of nitrogens with one attached hydrogen (secondary N) is 3. The summed E-state index contributed by atoms with van der Waals surface area (Å²) in [5.41, 5.74) is 4.75. The summed E-state index contributed by atoms with van der Waals surface area (Å²) in [5.74, 6) is -0.412. The van der Waals surface area contributed by atoms with Gasteiger partial charge in [-0.2, -0.15) is 0 Å². The van der Waals surface area contributed by atoms with Gasteiger partial charge in [0.05, 0.1) is 11.0 Å². The van der Waals surface area contributed by atoms with Gasteiger partial charge in [0.1, 0.15) is 5.82 Å². The Morgan fingerprint density at radius 2 is 1.85 bits per heavy atom. The molecule has 0 unspecified atom stereocenters. The van der Waals surface area contributed by atoms with E-state index < -0.39 is 11.8 Å². The van der Waals surface area contributed by atoms with Crippen LogP contribution in [-0.2, 0) is 16.0 Å². The largest absolute Gasteiger partial charge is 0.348 e. The van der Waals surface area contributed by atoms with Gasteiger partial charge in [0, 0.05) is 18.7 Å². The normalized spacial score (nSPS) is 10.7. The van der Waals surface area contributed by atoms with E-state index in [2.05, 4.69) is 20.6 Å². The van der Waals surface area contributed by atoms with Crippen LogP contribution in [0.3, 0.4) is 0 Å². The number of rotatable bonds is 5. The molecule has 0 aliphatic heterocycles. The fraction of sp³-hybridized carbons (Fsp3) is 0.250. The molecule has 134 valence electrons. The van der Waals surface area contributed by atoms with Gasteiger partial charge in [-0.3, -0.25) is 9.59 Å². The first-order chi connectivity index (χ1) is 12.5. The van der Waals surface area contributed by atoms with Crippen molar-refractivity contribution in [2.24, 2.45) is 0 Å². The van der Waals surface area contributed by atoms with Crippen LogP contribution in [0.1, 0.15) is 23.4 Å². The van der Waals surface area contributed by atoms with E-state index >= 15 is 0 Å². The summed E-state index contributed by atoms with van der Waals surface area (Å²) < 4.78 is 0. The Balaban J connectivity index is 1.44. The summed E-state index contributed by atoms with van der Waals surface area (Å²) in [6, 6.07) is 13.4. The number of aromatic nitrogens is 2. The topological polar surface area (TPSA) is 86.9 Å². The molecule has 2 aromatic carbocycles. The van der Waals surface area contributed by atoms with Crippen LogP contribution in [0.5, 0.6) is 0 Å². The molecule has 2 amide bonds. The van der Waals surface area contributed by atoms with Crippen molar-refractivity contribution in [1.82, 2.24) is 15.3 Å². The summed E-state index contributed by atoms with van der Waals surface area (Å²) >= 11 is 0. The van der Waals surface area contributed by atoms with Gasteiger partial charge in [-0.05, 0) is 55.7 Å². The van der Waals surface area contributed by atoms with Crippen molar-refractivity contribution < 1.29 is 9.59 Å². The number of fused-ring (bicyclic) bond motifs is 1. The number of carbonyl (C=O) groups is 2. The van der Waals surface area contributed by atoms with E-state index in [-0.39, 0.29) is 0 Å². The van der Waals surface area contributed by atoms with Crippen LogP contribution >= 0.6 is 0 Å². The van der Waals surface area contributed by atoms with E-state index in [0.29, 0.717) is 25.1 Å². The first-order valence-electron chi connectivity index (χ1n) is 8.63. The molecule has 3 N–H and O–H groups in total. The molecule has 1 aromatic heterocycles. The van der Waals surface area contributed by atoms with Crippen LogP contribution in [0, 0.1) is 13.8 Å². The predicted molar refractivity (Wildman–Crippen MR) is 102 cm³/mol. The van der Waals surface area contributed by atoms with E-state index in [1.807, 2.05) is 50.2 Å². The second-order valence-electron chi connectivity index (χ2n) is 6.31. The van der Waals surface area contributed by atoms with Crippen molar-refractivity contribution in [3.05, 3.63) is 59.4 Å². The third-order valence-corrected chi connectivity index (χ3v) is 4.29. The molecule has 0 fully saturated rings. The van der Waals surface area contributed by atoms with Gasteiger partial charge < -0.3 is 15.6 Å². The van der Waals surface area contributed by atoms with Gasteiger partial charge in [-0.25, -0.2) is 4.98 Å². The lowest BCUT2D eigenvalue weighted by Crippen LogP contribution is -2.36. The fourth-order valence-electron chi connectivity index (χ4n) is 2.67. The van der Waals surface area contributed by atoms with E-state index in [0.717, 1.165) is 28.0 Å². The number of aryl methyl sites for hydroxylation is 3. The summed E-state index contributed by atoms with van der Waals surface area (Å²) in [6.45, 7) is 4.37. The molecule has 3 aromatic rings. The molecule has 6 heteroatoms. The Hall–Kier alpha value is -3.15. The van der Waals surface area contributed by atoms with Crippen LogP contribution in [0.4, 0.5) is 5.69 Å². The second-order valence-corrected chi connectivity index (χ2v) is 6.31. The maximum absolute atomic E-state index is 11.9. The SMILES string of the molecule is Cc1ccc(NC(=O)C(=O)NCCCc2nc3ccccc3[nH]2)cc1C. The molecule has 0 radical (unpaired) electrons. The molecule has 1 heterocycles. The molecule has 0 aliphatic rings. The molecule has 0 atom stereocenters. The molecule has 3 rings (SSSR count). The fourth-order valence-corrected chi connectivity index (χ4v) is 2.67. The van der Waals surface area contributed by atoms with E-state index in [1.165, 1.54) is 0 Å². The van der Waals surface area contributed by atoms with Crippen molar-refractivity contribution in [3.8, 4) is 0 Å². The zero-order valence-corrected chi connectivity index (χ0v) is 14.9. The van der Waals surface area contributed by atoms with Crippen LogP contribution in [0.2, 0.25) is 0 Å². The Kier molecular flexibility index (Phi) is 5.31. The molecule has 0 aliphatic carbocycles. The number of carbonyl (C=O) groups excluding carboxylic acids is 2. The summed E-state index contributed by atoms with van der Waals surface area (Å²) in [6.07, 6.45) is 1.40. The molecule has 6 nitrogen and oxygen atoms in total. The van der Waals surface area contributed by atoms with E-state index in [1.54, 1.807) is 6.07 Å². The highest BCUT2D eigenvalue weighted by Gasteiger charge is 2.13. The summed E-state index contributed by atoms with van der Waals surface area (Å²) in [4.78, 5) is 31.6. The number of imidazole rings is 1. The smallest absolute Gasteiger partial charge is 0.313 e. The number of para-hydroxylation sites is 2. The molecule has 26 heavy (non-hydrogen) atoms. The highest BCUT2D eigenvalue weighted by molar-refractivity contribution is 6.39. The number of anilines is 1. The van der Waals surface area contributed by atoms with Gasteiger partial charge in [0.25, 0.3) is 0 Å². The molecular formula is C20H22N4O2. The number of hydrogen-bond acceptors (Lipinski definition) is 3. The standard InChI is InChI=1S/C20H22N4O2/c1-13-9-10-15(12-14(13)2)22-20(26)19(25)21-11-5-8-18-23-16-6-3-4-7-17(16)24-18/h3-4,6-7,9-10,12H,5,8,11H2,1-2H3,(H,21,25)(H,22,26)(H,23,24). The second kappa shape index (κ2) is 7.82. The Morgan fingerprint density at radius 1 is 1.04 bits per heavy atom. The van der Waals surface area contributed by atoms with Crippen LogP contribution in [-0.4, -0.2) is 28.3 Å². The zero-order chi connectivity index (χ0) is 18.5. The molecule has 0 bridgehead atoms. The summed E-state index contributed by atoms with van der Waals surface area (Å²) in [5, 5.41) is 5.26. The quantitative estimate of drug-likeness (QED) is 0.488. The maximum atomic E-state index is 11.9. The minimum atomic E-state index is -0.656. The number of amides is 2.